The highest BCUT2D eigenvalue weighted by molar-refractivity contribution is 6.05. The van der Waals surface area contributed by atoms with Crippen LogP contribution in [-0.2, 0) is 11.2 Å². The van der Waals surface area contributed by atoms with Gasteiger partial charge >= 0.3 is 5.97 Å². The van der Waals surface area contributed by atoms with Crippen LogP contribution < -0.4 is 0 Å². The molecule has 18 heavy (non-hydrogen) atoms. The summed E-state index contributed by atoms with van der Waals surface area (Å²) in [5.41, 5.74) is 1.84. The van der Waals surface area contributed by atoms with Crippen molar-refractivity contribution >= 4 is 27.9 Å². The van der Waals surface area contributed by atoms with E-state index in [1.54, 1.807) is 24.3 Å². The molecule has 0 spiro atoms. The minimum Gasteiger partial charge on any atom is -0.481 e. The predicted octanol–water partition coefficient (Wildman–Crippen LogP) is 3.35. The SMILES string of the molecule is O=C(O)Cc1ccc2c(c1)oc1ccc(F)cc12. The van der Waals surface area contributed by atoms with Crippen LogP contribution in [-0.4, -0.2) is 11.1 Å². The third kappa shape index (κ3) is 1.72. The number of halogens is 1. The maximum Gasteiger partial charge on any atom is 0.307 e. The van der Waals surface area contributed by atoms with E-state index in [9.17, 15) is 9.18 Å². The normalized spacial score (nSPS) is 11.2. The molecule has 3 nitrogen and oxygen atoms in total. The molecule has 0 radical (unpaired) electrons. The average Bonchev–Trinajstić information content (AvgIpc) is 2.65. The van der Waals surface area contributed by atoms with Gasteiger partial charge in [-0.25, -0.2) is 4.39 Å². The minimum absolute atomic E-state index is 0.0542. The summed E-state index contributed by atoms with van der Waals surface area (Å²) in [6.45, 7) is 0. The van der Waals surface area contributed by atoms with E-state index >= 15 is 0 Å². The van der Waals surface area contributed by atoms with E-state index in [1.807, 2.05) is 0 Å². The lowest BCUT2D eigenvalue weighted by Gasteiger charge is -1.96. The molecule has 0 fully saturated rings. The molecule has 0 unspecified atom stereocenters. The molecule has 1 heterocycles. The standard InChI is InChI=1S/C14H9FO3/c15-9-2-4-12-11(7-9)10-3-1-8(6-14(16)17)5-13(10)18-12/h1-5,7H,6H2,(H,16,17). The molecule has 0 aliphatic rings. The Kier molecular flexibility index (Phi) is 2.30. The van der Waals surface area contributed by atoms with Crippen molar-refractivity contribution in [1.82, 2.24) is 0 Å². The smallest absolute Gasteiger partial charge is 0.307 e. The number of hydrogen-bond donors (Lipinski definition) is 1. The van der Waals surface area contributed by atoms with Crippen molar-refractivity contribution in [3.05, 3.63) is 47.8 Å². The molecule has 90 valence electrons. The summed E-state index contributed by atoms with van der Waals surface area (Å²) >= 11 is 0. The van der Waals surface area contributed by atoms with Gasteiger partial charge in [0.1, 0.15) is 17.0 Å². The number of rotatable bonds is 2. The second-order valence-electron chi connectivity index (χ2n) is 4.14. The Labute approximate surface area is 101 Å². The van der Waals surface area contributed by atoms with E-state index in [4.69, 9.17) is 9.52 Å². The second-order valence-corrected chi connectivity index (χ2v) is 4.14. The number of fused-ring (bicyclic) bond motifs is 3. The summed E-state index contributed by atoms with van der Waals surface area (Å²) in [7, 11) is 0. The monoisotopic (exact) mass is 244 g/mol. The van der Waals surface area contributed by atoms with Crippen molar-refractivity contribution in [3.8, 4) is 0 Å². The number of furan rings is 1. The van der Waals surface area contributed by atoms with Gasteiger partial charge < -0.3 is 9.52 Å². The highest BCUT2D eigenvalue weighted by Gasteiger charge is 2.09. The number of hydrogen-bond acceptors (Lipinski definition) is 2. The Morgan fingerprint density at radius 2 is 1.94 bits per heavy atom. The first kappa shape index (κ1) is 10.8. The molecule has 4 heteroatoms. The van der Waals surface area contributed by atoms with Crippen LogP contribution in [0.2, 0.25) is 0 Å². The third-order valence-corrected chi connectivity index (χ3v) is 2.85. The number of carbonyl (C=O) groups is 1. The van der Waals surface area contributed by atoms with Crippen molar-refractivity contribution in [3.63, 3.8) is 0 Å². The van der Waals surface area contributed by atoms with E-state index in [-0.39, 0.29) is 12.2 Å². The lowest BCUT2D eigenvalue weighted by molar-refractivity contribution is -0.136. The highest BCUT2D eigenvalue weighted by atomic mass is 19.1. The maximum absolute atomic E-state index is 13.2. The molecular formula is C14H9FO3. The Morgan fingerprint density at radius 3 is 2.72 bits per heavy atom. The highest BCUT2D eigenvalue weighted by Crippen LogP contribution is 2.29. The summed E-state index contributed by atoms with van der Waals surface area (Å²) in [4.78, 5) is 10.6. The van der Waals surface area contributed by atoms with Crippen LogP contribution in [0.4, 0.5) is 4.39 Å². The lowest BCUT2D eigenvalue weighted by Crippen LogP contribution is -1.99. The molecule has 3 rings (SSSR count). The molecule has 0 bridgehead atoms. The molecule has 0 aliphatic heterocycles. The summed E-state index contributed by atoms with van der Waals surface area (Å²) in [6.07, 6.45) is -0.0542. The zero-order valence-electron chi connectivity index (χ0n) is 9.31. The molecule has 1 N–H and O–H groups in total. The topological polar surface area (TPSA) is 50.4 Å². The molecule has 0 amide bonds. The van der Waals surface area contributed by atoms with Gasteiger partial charge in [-0.1, -0.05) is 12.1 Å². The zero-order chi connectivity index (χ0) is 12.7. The summed E-state index contributed by atoms with van der Waals surface area (Å²) in [6, 6.07) is 9.49. The predicted molar refractivity (Wildman–Crippen MR) is 65.0 cm³/mol. The van der Waals surface area contributed by atoms with Crippen molar-refractivity contribution in [2.24, 2.45) is 0 Å². The second kappa shape index (κ2) is 3.84. The first-order valence-electron chi connectivity index (χ1n) is 5.46. The first-order valence-corrected chi connectivity index (χ1v) is 5.46. The molecule has 3 aromatic rings. The fourth-order valence-electron chi connectivity index (χ4n) is 2.08. The van der Waals surface area contributed by atoms with E-state index in [2.05, 4.69) is 0 Å². The van der Waals surface area contributed by atoms with Crippen LogP contribution in [0.1, 0.15) is 5.56 Å². The minimum atomic E-state index is -0.892. The van der Waals surface area contributed by atoms with Crippen LogP contribution in [0, 0.1) is 5.82 Å². The van der Waals surface area contributed by atoms with E-state index in [1.165, 1.54) is 12.1 Å². The Balaban J connectivity index is 2.23. The molecule has 0 aliphatic carbocycles. The number of carboxylic acid groups (broad SMARTS) is 1. The van der Waals surface area contributed by atoms with Crippen LogP contribution in [0.25, 0.3) is 21.9 Å². The number of benzene rings is 2. The number of aliphatic carboxylic acids is 1. The summed E-state index contributed by atoms with van der Waals surface area (Å²) < 4.78 is 18.7. The van der Waals surface area contributed by atoms with E-state index < -0.39 is 5.97 Å². The molecule has 0 saturated carbocycles. The summed E-state index contributed by atoms with van der Waals surface area (Å²) in [5.74, 6) is -1.21. The zero-order valence-corrected chi connectivity index (χ0v) is 9.31. The molecule has 0 atom stereocenters. The summed E-state index contributed by atoms with van der Waals surface area (Å²) in [5, 5.41) is 10.2. The van der Waals surface area contributed by atoms with Gasteiger partial charge in [0.05, 0.1) is 6.42 Å². The quantitative estimate of drug-likeness (QED) is 0.752. The van der Waals surface area contributed by atoms with E-state index in [0.29, 0.717) is 22.1 Å². The van der Waals surface area contributed by atoms with Gasteiger partial charge in [0.15, 0.2) is 0 Å². The molecule has 1 aromatic heterocycles. The van der Waals surface area contributed by atoms with Gasteiger partial charge in [0.2, 0.25) is 0 Å². The lowest BCUT2D eigenvalue weighted by atomic mass is 10.1. The van der Waals surface area contributed by atoms with Gasteiger partial charge in [-0.15, -0.1) is 0 Å². The van der Waals surface area contributed by atoms with Crippen LogP contribution in [0.5, 0.6) is 0 Å². The Hall–Kier alpha value is -2.36. The van der Waals surface area contributed by atoms with Crippen molar-refractivity contribution in [2.45, 2.75) is 6.42 Å². The largest absolute Gasteiger partial charge is 0.481 e. The van der Waals surface area contributed by atoms with Gasteiger partial charge in [0, 0.05) is 10.8 Å². The van der Waals surface area contributed by atoms with Crippen molar-refractivity contribution in [1.29, 1.82) is 0 Å². The van der Waals surface area contributed by atoms with Gasteiger partial charge in [-0.2, -0.15) is 0 Å². The third-order valence-electron chi connectivity index (χ3n) is 2.85. The molecule has 0 saturated heterocycles. The number of carboxylic acids is 1. The molecular weight excluding hydrogens is 235 g/mol. The Bertz CT molecular complexity index is 758. The Morgan fingerprint density at radius 1 is 1.11 bits per heavy atom. The van der Waals surface area contributed by atoms with Crippen molar-refractivity contribution in [2.75, 3.05) is 0 Å². The maximum atomic E-state index is 13.2. The van der Waals surface area contributed by atoms with Gasteiger partial charge in [-0.05, 0) is 29.8 Å². The van der Waals surface area contributed by atoms with Crippen LogP contribution >= 0.6 is 0 Å². The van der Waals surface area contributed by atoms with Crippen LogP contribution in [0.15, 0.2) is 40.8 Å². The first-order chi connectivity index (χ1) is 8.63. The average molecular weight is 244 g/mol. The fraction of sp³-hybridized carbons (Fsp3) is 0.0714. The molecule has 2 aromatic carbocycles. The fourth-order valence-corrected chi connectivity index (χ4v) is 2.08. The van der Waals surface area contributed by atoms with Crippen molar-refractivity contribution < 1.29 is 18.7 Å². The van der Waals surface area contributed by atoms with Gasteiger partial charge in [-0.3, -0.25) is 4.79 Å². The van der Waals surface area contributed by atoms with Crippen LogP contribution in [0.3, 0.4) is 0 Å². The van der Waals surface area contributed by atoms with E-state index in [0.717, 1.165) is 5.39 Å². The van der Waals surface area contributed by atoms with Gasteiger partial charge in [0.25, 0.3) is 0 Å².